The summed E-state index contributed by atoms with van der Waals surface area (Å²) >= 11 is 0. The number of sulfone groups is 1. The molecule has 9 heteroatoms. The molecule has 2 N–H and O–H groups in total. The van der Waals surface area contributed by atoms with Gasteiger partial charge in [-0.05, 0) is 123 Å². The van der Waals surface area contributed by atoms with E-state index >= 15 is 0 Å². The molecule has 0 saturated heterocycles. The Bertz CT molecular complexity index is 1520. The van der Waals surface area contributed by atoms with Crippen LogP contribution in [-0.4, -0.2) is 30.6 Å². The molecule has 4 aromatic carbocycles. The highest BCUT2D eigenvalue weighted by atomic mass is 32.2. The molecule has 0 unspecified atom stereocenters. The Balaban J connectivity index is 1.61. The van der Waals surface area contributed by atoms with Crippen LogP contribution in [0.2, 0.25) is 0 Å². The number of carboxylic acid groups (broad SMARTS) is 2. The molecule has 4 aromatic rings. The number of rotatable bonds is 8. The molecule has 0 bridgehead atoms. The fourth-order valence-electron chi connectivity index (χ4n) is 4.16. The van der Waals surface area contributed by atoms with Gasteiger partial charge in [0.1, 0.15) is 23.0 Å². The largest absolute Gasteiger partial charge is 0.478 e. The Morgan fingerprint density at radius 2 is 0.846 bits per heavy atom. The third kappa shape index (κ3) is 5.78. The fourth-order valence-corrected chi connectivity index (χ4v) is 5.76. The van der Waals surface area contributed by atoms with E-state index in [0.717, 1.165) is 0 Å². The van der Waals surface area contributed by atoms with Crippen LogP contribution in [-0.2, 0) is 9.84 Å². The van der Waals surface area contributed by atoms with E-state index in [0.29, 0.717) is 45.3 Å². The minimum Gasteiger partial charge on any atom is -0.478 e. The van der Waals surface area contributed by atoms with Crippen molar-refractivity contribution in [3.05, 3.63) is 106 Å². The molecule has 0 heterocycles. The van der Waals surface area contributed by atoms with Crippen LogP contribution in [0.5, 0.6) is 23.0 Å². The van der Waals surface area contributed by atoms with Crippen LogP contribution in [0.25, 0.3) is 0 Å². The summed E-state index contributed by atoms with van der Waals surface area (Å²) in [6, 6.07) is 18.1. The number of carboxylic acids is 2. The first-order valence-electron chi connectivity index (χ1n) is 11.9. The lowest BCUT2D eigenvalue weighted by atomic mass is 10.1. The highest BCUT2D eigenvalue weighted by Gasteiger charge is 2.23. The van der Waals surface area contributed by atoms with Gasteiger partial charge in [-0.3, -0.25) is 0 Å². The second-order valence-corrected chi connectivity index (χ2v) is 11.1. The first-order valence-corrected chi connectivity index (χ1v) is 13.3. The topological polar surface area (TPSA) is 127 Å². The minimum absolute atomic E-state index is 0.114. The lowest BCUT2D eigenvalue weighted by Gasteiger charge is -2.16. The number of aromatic carboxylic acids is 2. The molecule has 0 aromatic heterocycles. The van der Waals surface area contributed by atoms with Crippen molar-refractivity contribution in [2.75, 3.05) is 0 Å². The average molecular weight is 547 g/mol. The first kappa shape index (κ1) is 27.4. The zero-order valence-corrected chi connectivity index (χ0v) is 22.5. The molecule has 200 valence electrons. The predicted octanol–water partition coefficient (Wildman–Crippen LogP) is 6.73. The maximum atomic E-state index is 13.6. The van der Waals surface area contributed by atoms with E-state index in [1.165, 1.54) is 24.3 Å². The summed E-state index contributed by atoms with van der Waals surface area (Å²) in [6.45, 7) is 6.98. The molecule has 0 aliphatic carbocycles. The molecular weight excluding hydrogens is 520 g/mol. The van der Waals surface area contributed by atoms with Crippen molar-refractivity contribution in [2.45, 2.75) is 37.5 Å². The van der Waals surface area contributed by atoms with Crippen LogP contribution in [0.4, 0.5) is 0 Å². The molecule has 0 aliphatic heterocycles. The molecule has 0 saturated carbocycles. The van der Waals surface area contributed by atoms with Crippen molar-refractivity contribution >= 4 is 21.8 Å². The summed E-state index contributed by atoms with van der Waals surface area (Å²) in [6.07, 6.45) is 0. The van der Waals surface area contributed by atoms with Gasteiger partial charge in [0.2, 0.25) is 9.84 Å². The lowest BCUT2D eigenvalue weighted by molar-refractivity contribution is 0.0686. The van der Waals surface area contributed by atoms with E-state index in [4.69, 9.17) is 19.7 Å². The third-order valence-electron chi connectivity index (χ3n) is 6.13. The summed E-state index contributed by atoms with van der Waals surface area (Å²) in [4.78, 5) is 22.4. The number of ether oxygens (including phenoxy) is 2. The van der Waals surface area contributed by atoms with Gasteiger partial charge in [-0.2, -0.15) is 0 Å². The zero-order valence-electron chi connectivity index (χ0n) is 21.7. The number of hydrogen-bond acceptors (Lipinski definition) is 6. The smallest absolute Gasteiger partial charge is 0.335 e. The summed E-state index contributed by atoms with van der Waals surface area (Å²) in [5.74, 6) is -0.238. The quantitative estimate of drug-likeness (QED) is 0.249. The van der Waals surface area contributed by atoms with E-state index in [1.807, 2.05) is 0 Å². The SMILES string of the molecule is Cc1cc(S(=O)(=O)c2cc(C)c(Oc3ccc(C(=O)O)cc3)c(C)c2)cc(C)c1Oc1ccc(C(=O)O)cc1. The number of benzene rings is 4. The zero-order chi connectivity index (χ0) is 28.5. The van der Waals surface area contributed by atoms with Crippen LogP contribution in [0.15, 0.2) is 82.6 Å². The van der Waals surface area contributed by atoms with Crippen molar-refractivity contribution in [3.63, 3.8) is 0 Å². The molecule has 0 amide bonds. The second kappa shape index (κ2) is 10.6. The Morgan fingerprint density at radius 1 is 0.564 bits per heavy atom. The van der Waals surface area contributed by atoms with Gasteiger partial charge in [-0.15, -0.1) is 0 Å². The first-order chi connectivity index (χ1) is 18.4. The van der Waals surface area contributed by atoms with Crippen LogP contribution < -0.4 is 9.47 Å². The average Bonchev–Trinajstić information content (AvgIpc) is 2.88. The maximum Gasteiger partial charge on any atom is 0.335 e. The minimum atomic E-state index is -3.88. The van der Waals surface area contributed by atoms with E-state index in [2.05, 4.69) is 0 Å². The van der Waals surface area contributed by atoms with Crippen molar-refractivity contribution < 1.29 is 37.7 Å². The van der Waals surface area contributed by atoms with Crippen LogP contribution in [0.3, 0.4) is 0 Å². The lowest BCUT2D eigenvalue weighted by Crippen LogP contribution is -2.06. The van der Waals surface area contributed by atoms with Gasteiger partial charge < -0.3 is 19.7 Å². The number of carbonyl (C=O) groups is 2. The Kier molecular flexibility index (Phi) is 7.47. The highest BCUT2D eigenvalue weighted by molar-refractivity contribution is 7.91. The van der Waals surface area contributed by atoms with E-state index < -0.39 is 21.8 Å². The van der Waals surface area contributed by atoms with Gasteiger partial charge in [-0.1, -0.05) is 0 Å². The van der Waals surface area contributed by atoms with Gasteiger partial charge in [0.15, 0.2) is 0 Å². The molecule has 0 fully saturated rings. The van der Waals surface area contributed by atoms with E-state index in [-0.39, 0.29) is 20.9 Å². The van der Waals surface area contributed by atoms with Crippen molar-refractivity contribution in [3.8, 4) is 23.0 Å². The van der Waals surface area contributed by atoms with Crippen molar-refractivity contribution in [1.82, 2.24) is 0 Å². The van der Waals surface area contributed by atoms with Crippen molar-refractivity contribution in [2.24, 2.45) is 0 Å². The molecule has 8 nitrogen and oxygen atoms in total. The molecule has 4 rings (SSSR count). The Morgan fingerprint density at radius 3 is 1.10 bits per heavy atom. The number of hydrogen-bond donors (Lipinski definition) is 2. The van der Waals surface area contributed by atoms with Crippen LogP contribution in [0.1, 0.15) is 43.0 Å². The van der Waals surface area contributed by atoms with Crippen molar-refractivity contribution in [1.29, 1.82) is 0 Å². The monoisotopic (exact) mass is 546 g/mol. The fraction of sp³-hybridized carbons (Fsp3) is 0.133. The summed E-state index contributed by atoms with van der Waals surface area (Å²) < 4.78 is 39.1. The molecule has 39 heavy (non-hydrogen) atoms. The van der Waals surface area contributed by atoms with E-state index in [9.17, 15) is 18.0 Å². The molecule has 0 atom stereocenters. The van der Waals surface area contributed by atoms with Gasteiger partial charge in [0, 0.05) is 0 Å². The van der Waals surface area contributed by atoms with Gasteiger partial charge >= 0.3 is 11.9 Å². The Hall–Kier alpha value is -4.63. The normalized spacial score (nSPS) is 11.2. The van der Waals surface area contributed by atoms with Crippen LogP contribution >= 0.6 is 0 Å². The third-order valence-corrected chi connectivity index (χ3v) is 7.84. The summed E-state index contributed by atoms with van der Waals surface area (Å²) in [5.41, 5.74) is 2.69. The van der Waals surface area contributed by atoms with Gasteiger partial charge in [0.05, 0.1) is 20.9 Å². The molecular formula is C30H26O8S. The summed E-state index contributed by atoms with van der Waals surface area (Å²) in [7, 11) is -3.88. The highest BCUT2D eigenvalue weighted by Crippen LogP contribution is 2.36. The van der Waals surface area contributed by atoms with Crippen LogP contribution in [0, 0.1) is 27.7 Å². The van der Waals surface area contributed by atoms with E-state index in [1.54, 1.807) is 76.2 Å². The van der Waals surface area contributed by atoms with Gasteiger partial charge in [0.25, 0.3) is 0 Å². The Labute approximate surface area is 226 Å². The molecule has 0 aliphatic rings. The summed E-state index contributed by atoms with van der Waals surface area (Å²) in [5, 5.41) is 18.1. The van der Waals surface area contributed by atoms with Gasteiger partial charge in [-0.25, -0.2) is 18.0 Å². The molecule has 0 spiro atoms. The number of aryl methyl sites for hydroxylation is 4. The maximum absolute atomic E-state index is 13.6. The standard InChI is InChI=1S/C30H26O8S/c1-17-13-25(14-18(2)27(17)37-23-9-5-21(6-10-23)29(31)32)39(35,36)26-15-19(3)28(20(4)16-26)38-24-11-7-22(8-12-24)30(33)34/h5-16H,1-4H3,(H,31,32)(H,33,34). The predicted molar refractivity (Wildman–Crippen MR) is 144 cm³/mol. The molecule has 0 radical (unpaired) electrons. The second-order valence-electron chi connectivity index (χ2n) is 9.14.